The third-order valence-corrected chi connectivity index (χ3v) is 31.9. The maximum Gasteiger partial charge on any atom is -0.0318 e. The standard InChI is InChI=1S/C93H188/c1-47-63(28)87(91(76(41)67(32)52(6)7)86(62(26)27)74(39)65(30)50(2)3)81(46)90(79(44)78(43)88(71(36)56(14)15)72(37)57(16)17)93(82(49-83(59(20)21)68(33)53(8)9)48-64(29)84(60(22)23)69(34)54(10)11)92(80(45)77(42)85(61(24)25)70(35)55(12)13)89(73(38)58(18)19)75(40)66(31)51(4)5/h50-93H,47-49H2,1-46H3. The van der Waals surface area contributed by atoms with Crippen LogP contribution in [0.2, 0.25) is 0 Å². The molecule has 0 aliphatic carbocycles. The van der Waals surface area contributed by atoms with Crippen molar-refractivity contribution in [3.8, 4) is 0 Å². The monoisotopic (exact) mass is 1310 g/mol. The molecular weight excluding hydrogens is 1120 g/mol. The molecule has 0 aromatic carbocycles. The minimum atomic E-state index is 0.531. The molecule has 0 aliphatic rings. The highest BCUT2D eigenvalue weighted by atomic mass is 14.6. The van der Waals surface area contributed by atoms with Gasteiger partial charge in [0.1, 0.15) is 0 Å². The Morgan fingerprint density at radius 1 is 0.140 bits per heavy atom. The summed E-state index contributed by atoms with van der Waals surface area (Å²) < 4.78 is 0. The second kappa shape index (κ2) is 41.8. The predicted molar refractivity (Wildman–Crippen MR) is 428 cm³/mol. The lowest BCUT2D eigenvalue weighted by Crippen LogP contribution is -2.54. The number of rotatable bonds is 46. The van der Waals surface area contributed by atoms with Gasteiger partial charge in [0.25, 0.3) is 0 Å². The summed E-state index contributed by atoms with van der Waals surface area (Å²) in [6.45, 7) is 124. The molecule has 0 N–H and O–H groups in total. The summed E-state index contributed by atoms with van der Waals surface area (Å²) in [7, 11) is 0. The largest absolute Gasteiger partial charge is 0.0651 e. The first-order valence-corrected chi connectivity index (χ1v) is 42.4. The van der Waals surface area contributed by atoms with Crippen molar-refractivity contribution in [2.75, 3.05) is 0 Å². The highest BCUT2D eigenvalue weighted by molar-refractivity contribution is 5.04. The highest BCUT2D eigenvalue weighted by Gasteiger charge is 2.56. The first-order chi connectivity index (χ1) is 42.4. The molecule has 0 fully saturated rings. The topological polar surface area (TPSA) is 0 Å². The summed E-state index contributed by atoms with van der Waals surface area (Å²) in [5.41, 5.74) is 0. The normalized spacial score (nSPS) is 23.6. The van der Waals surface area contributed by atoms with Gasteiger partial charge in [0, 0.05) is 0 Å². The van der Waals surface area contributed by atoms with Gasteiger partial charge in [-0.1, -0.05) is 325 Å². The lowest BCUT2D eigenvalue weighted by atomic mass is 9.46. The molecule has 30 atom stereocenters. The minimum absolute atomic E-state index is 0.531. The first-order valence-electron chi connectivity index (χ1n) is 42.4. The molecule has 0 bridgehead atoms. The maximum absolute atomic E-state index is 3.05. The van der Waals surface area contributed by atoms with Gasteiger partial charge >= 0.3 is 0 Å². The van der Waals surface area contributed by atoms with Gasteiger partial charge in [0.05, 0.1) is 0 Å². The van der Waals surface area contributed by atoms with Crippen molar-refractivity contribution in [2.45, 2.75) is 338 Å². The molecule has 0 saturated carbocycles. The van der Waals surface area contributed by atoms with Crippen molar-refractivity contribution < 1.29 is 0 Å². The van der Waals surface area contributed by atoms with Gasteiger partial charge in [-0.15, -0.1) is 0 Å². The Labute approximate surface area is 594 Å². The third-order valence-electron chi connectivity index (χ3n) is 31.9. The van der Waals surface area contributed by atoms with Crippen LogP contribution in [0.4, 0.5) is 0 Å². The SMILES string of the molecule is CCC(C)C(C(C)C(C(C)C(C)C(C(C)C(C)C)C(C)C(C)C)C(C(CC(C)C(C(C)C)C(C)C(C)C)CC(C(C)C)C(C)C(C)C)C(C(C)C(C)C(C(C)C)C(C)C(C)C)C(C(C)C(C)C)C(C)C(C)C(C)C)C(C(C)C(C)C(C)C)C(C(C)C)C(C)C(C)C(C)C. The van der Waals surface area contributed by atoms with Crippen LogP contribution in [-0.4, -0.2) is 0 Å². The molecule has 0 heterocycles. The van der Waals surface area contributed by atoms with Crippen molar-refractivity contribution in [1.82, 2.24) is 0 Å². The molecular formula is C93H188. The Morgan fingerprint density at radius 3 is 0.710 bits per heavy atom. The zero-order valence-corrected chi connectivity index (χ0v) is 73.5. The number of hydrogen-bond donors (Lipinski definition) is 0. The molecule has 560 valence electrons. The van der Waals surface area contributed by atoms with Gasteiger partial charge < -0.3 is 0 Å². The fourth-order valence-corrected chi connectivity index (χ4v) is 22.7. The van der Waals surface area contributed by atoms with Crippen LogP contribution in [0, 0.1) is 260 Å². The van der Waals surface area contributed by atoms with E-state index in [-0.39, 0.29) is 0 Å². The smallest absolute Gasteiger partial charge is 0.0318 e. The summed E-state index contributed by atoms with van der Waals surface area (Å²) in [6.07, 6.45) is 3.98. The van der Waals surface area contributed by atoms with E-state index in [1.54, 1.807) is 0 Å². The van der Waals surface area contributed by atoms with Crippen LogP contribution in [0.25, 0.3) is 0 Å². The van der Waals surface area contributed by atoms with Crippen LogP contribution in [0.3, 0.4) is 0 Å². The Morgan fingerprint density at radius 2 is 0.387 bits per heavy atom. The van der Waals surface area contributed by atoms with E-state index in [2.05, 4.69) is 318 Å². The van der Waals surface area contributed by atoms with Gasteiger partial charge in [-0.3, -0.25) is 0 Å². The van der Waals surface area contributed by atoms with Gasteiger partial charge in [-0.2, -0.15) is 0 Å². The van der Waals surface area contributed by atoms with Crippen LogP contribution in [0.1, 0.15) is 338 Å². The maximum atomic E-state index is 3.05. The average molecular weight is 1310 g/mol. The molecule has 0 aromatic heterocycles. The Kier molecular flexibility index (Phi) is 41.8. The van der Waals surface area contributed by atoms with Crippen LogP contribution in [0.5, 0.6) is 0 Å². The summed E-state index contributed by atoms with van der Waals surface area (Å²) in [5, 5.41) is 0. The van der Waals surface area contributed by atoms with Crippen molar-refractivity contribution in [2.24, 2.45) is 260 Å². The zero-order valence-electron chi connectivity index (χ0n) is 73.5. The Bertz CT molecular complexity index is 1870. The van der Waals surface area contributed by atoms with Crippen molar-refractivity contribution >= 4 is 0 Å². The molecule has 0 aromatic rings. The molecule has 30 unspecified atom stereocenters. The summed E-state index contributed by atoms with van der Waals surface area (Å²) in [4.78, 5) is 0. The van der Waals surface area contributed by atoms with E-state index in [4.69, 9.17) is 0 Å². The van der Waals surface area contributed by atoms with E-state index >= 15 is 0 Å². The van der Waals surface area contributed by atoms with Gasteiger partial charge in [0.2, 0.25) is 0 Å². The first kappa shape index (κ1) is 93.0. The fraction of sp³-hybridized carbons (Fsp3) is 1.00. The molecule has 0 rings (SSSR count). The molecule has 0 amide bonds. The van der Waals surface area contributed by atoms with Crippen LogP contribution in [0.15, 0.2) is 0 Å². The quantitative estimate of drug-likeness (QED) is 0.0570. The molecule has 0 spiro atoms. The summed E-state index contributed by atoms with van der Waals surface area (Å²) in [5.74, 6) is 27.1. The van der Waals surface area contributed by atoms with E-state index in [1.165, 1.54) is 19.3 Å². The van der Waals surface area contributed by atoms with Crippen molar-refractivity contribution in [3.63, 3.8) is 0 Å². The van der Waals surface area contributed by atoms with Crippen molar-refractivity contribution in [1.29, 1.82) is 0 Å². The molecule has 0 saturated heterocycles. The summed E-state index contributed by atoms with van der Waals surface area (Å²) >= 11 is 0. The minimum Gasteiger partial charge on any atom is -0.0651 e. The Hall–Kier alpha value is 0. The highest BCUT2D eigenvalue weighted by Crippen LogP contribution is 2.62. The van der Waals surface area contributed by atoms with Crippen LogP contribution in [-0.2, 0) is 0 Å². The van der Waals surface area contributed by atoms with Gasteiger partial charge in [0.15, 0.2) is 0 Å². The average Bonchev–Trinajstić information content (AvgIpc) is 0.747. The molecule has 0 nitrogen and oxygen atoms in total. The molecule has 0 heteroatoms. The van der Waals surface area contributed by atoms with Crippen LogP contribution < -0.4 is 0 Å². The lowest BCUT2D eigenvalue weighted by Gasteiger charge is -2.59. The van der Waals surface area contributed by atoms with E-state index in [1.807, 2.05) is 0 Å². The Balaban J connectivity index is 11.8. The van der Waals surface area contributed by atoms with Crippen LogP contribution >= 0.6 is 0 Å². The lowest BCUT2D eigenvalue weighted by molar-refractivity contribution is -0.112. The molecule has 0 radical (unpaired) electrons. The third kappa shape index (κ3) is 24.6. The zero-order chi connectivity index (χ0) is 73.5. The number of hydrogen-bond acceptors (Lipinski definition) is 0. The fourth-order valence-electron chi connectivity index (χ4n) is 22.7. The molecule has 93 heavy (non-hydrogen) atoms. The van der Waals surface area contributed by atoms with Gasteiger partial charge in [-0.05, 0) is 273 Å². The van der Waals surface area contributed by atoms with E-state index in [0.717, 1.165) is 0 Å². The molecule has 0 aliphatic heterocycles. The predicted octanol–water partition coefficient (Wildman–Crippen LogP) is 30.2. The van der Waals surface area contributed by atoms with E-state index < -0.39 is 0 Å². The second-order valence-electron chi connectivity index (χ2n) is 40.8. The van der Waals surface area contributed by atoms with E-state index in [9.17, 15) is 0 Å². The van der Waals surface area contributed by atoms with Gasteiger partial charge in [-0.25, -0.2) is 0 Å². The second-order valence-corrected chi connectivity index (χ2v) is 40.8. The van der Waals surface area contributed by atoms with Crippen molar-refractivity contribution in [3.05, 3.63) is 0 Å². The van der Waals surface area contributed by atoms with E-state index in [0.29, 0.717) is 260 Å². The summed E-state index contributed by atoms with van der Waals surface area (Å²) in [6, 6.07) is 0.